The third-order valence-corrected chi connectivity index (χ3v) is 3.14. The summed E-state index contributed by atoms with van der Waals surface area (Å²) < 4.78 is 5.33. The molecule has 0 radical (unpaired) electrons. The Morgan fingerprint density at radius 2 is 1.95 bits per heavy atom. The van der Waals surface area contributed by atoms with Gasteiger partial charge < -0.3 is 15.0 Å². The second-order valence-electron chi connectivity index (χ2n) is 4.82. The molecule has 1 saturated heterocycles. The van der Waals surface area contributed by atoms with Gasteiger partial charge in [0.15, 0.2) is 0 Å². The summed E-state index contributed by atoms with van der Waals surface area (Å²) in [6, 6.07) is 5.91. The highest BCUT2D eigenvalue weighted by Gasteiger charge is 2.25. The van der Waals surface area contributed by atoms with Crippen molar-refractivity contribution in [1.82, 2.24) is 5.32 Å². The highest BCUT2D eigenvalue weighted by Crippen LogP contribution is 2.18. The van der Waals surface area contributed by atoms with E-state index >= 15 is 0 Å². The van der Waals surface area contributed by atoms with Gasteiger partial charge in [0.05, 0.1) is 13.2 Å². The number of anilines is 1. The van der Waals surface area contributed by atoms with Gasteiger partial charge in [0.1, 0.15) is 6.04 Å². The second kappa shape index (κ2) is 6.89. The zero-order valence-corrected chi connectivity index (χ0v) is 12.4. The van der Waals surface area contributed by atoms with E-state index < -0.39 is 0 Å². The zero-order chi connectivity index (χ0) is 13.1. The van der Waals surface area contributed by atoms with E-state index in [9.17, 15) is 4.79 Å². The first-order valence-corrected chi connectivity index (χ1v) is 6.25. The molecule has 1 N–H and O–H groups in total. The third-order valence-electron chi connectivity index (χ3n) is 3.14. The van der Waals surface area contributed by atoms with E-state index in [1.165, 1.54) is 0 Å². The molecule has 1 aromatic carbocycles. The fraction of sp³-hybridized carbons (Fsp3) is 0.500. The van der Waals surface area contributed by atoms with Gasteiger partial charge in [-0.15, -0.1) is 12.4 Å². The van der Waals surface area contributed by atoms with Gasteiger partial charge in [-0.3, -0.25) is 4.79 Å². The summed E-state index contributed by atoms with van der Waals surface area (Å²) in [6.45, 7) is 5.94. The van der Waals surface area contributed by atoms with E-state index in [1.807, 2.05) is 33.0 Å². The van der Waals surface area contributed by atoms with Gasteiger partial charge in [0, 0.05) is 19.3 Å². The smallest absolute Gasteiger partial charge is 0.246 e. The van der Waals surface area contributed by atoms with Crippen LogP contribution in [0, 0.1) is 13.8 Å². The Labute approximate surface area is 120 Å². The lowest BCUT2D eigenvalue weighted by molar-refractivity contribution is -0.123. The average Bonchev–Trinajstić information content (AvgIpc) is 2.37. The molecular formula is C14H21ClN2O2. The van der Waals surface area contributed by atoms with Crippen molar-refractivity contribution in [3.05, 3.63) is 29.3 Å². The standard InChI is InChI=1S/C14H20N2O2.ClH/c1-10-6-11(2)8-12(7-10)16(3)14(17)13-9-18-5-4-15-13;/h6-8,13,15H,4-5,9H2,1-3H3;1H. The summed E-state index contributed by atoms with van der Waals surface area (Å²) in [5, 5.41) is 3.18. The molecule has 19 heavy (non-hydrogen) atoms. The number of hydrogen-bond acceptors (Lipinski definition) is 3. The number of morpholine rings is 1. The number of rotatable bonds is 2. The van der Waals surface area contributed by atoms with Crippen LogP contribution in [0.4, 0.5) is 5.69 Å². The fourth-order valence-electron chi connectivity index (χ4n) is 2.23. The van der Waals surface area contributed by atoms with Crippen molar-refractivity contribution in [3.63, 3.8) is 0 Å². The largest absolute Gasteiger partial charge is 0.378 e. The van der Waals surface area contributed by atoms with Crippen molar-refractivity contribution < 1.29 is 9.53 Å². The molecule has 2 rings (SSSR count). The predicted molar refractivity (Wildman–Crippen MR) is 79.2 cm³/mol. The Balaban J connectivity index is 0.00000180. The van der Waals surface area contributed by atoms with Crippen molar-refractivity contribution in [2.45, 2.75) is 19.9 Å². The van der Waals surface area contributed by atoms with Gasteiger partial charge in [-0.2, -0.15) is 0 Å². The Kier molecular flexibility index (Phi) is 5.79. The molecule has 106 valence electrons. The van der Waals surface area contributed by atoms with E-state index in [2.05, 4.69) is 11.4 Å². The van der Waals surface area contributed by atoms with Crippen molar-refractivity contribution in [1.29, 1.82) is 0 Å². The number of benzene rings is 1. The first-order chi connectivity index (χ1) is 8.58. The lowest BCUT2D eigenvalue weighted by Crippen LogP contribution is -2.51. The second-order valence-corrected chi connectivity index (χ2v) is 4.82. The molecule has 0 aliphatic carbocycles. The van der Waals surface area contributed by atoms with Crippen LogP contribution in [0.5, 0.6) is 0 Å². The maximum atomic E-state index is 12.3. The monoisotopic (exact) mass is 284 g/mol. The molecule has 5 heteroatoms. The van der Waals surface area contributed by atoms with Crippen LogP contribution < -0.4 is 10.2 Å². The molecule has 1 aromatic rings. The first kappa shape index (κ1) is 16.0. The quantitative estimate of drug-likeness (QED) is 0.898. The maximum absolute atomic E-state index is 12.3. The van der Waals surface area contributed by atoms with Gasteiger partial charge in [-0.25, -0.2) is 0 Å². The van der Waals surface area contributed by atoms with Crippen LogP contribution in [0.15, 0.2) is 18.2 Å². The molecule has 0 spiro atoms. The van der Waals surface area contributed by atoms with Crippen molar-refractivity contribution >= 4 is 24.0 Å². The van der Waals surface area contributed by atoms with Crippen LogP contribution in [0.1, 0.15) is 11.1 Å². The van der Waals surface area contributed by atoms with Crippen molar-refractivity contribution in [2.24, 2.45) is 0 Å². The van der Waals surface area contributed by atoms with Gasteiger partial charge in [-0.1, -0.05) is 6.07 Å². The minimum absolute atomic E-state index is 0. The van der Waals surface area contributed by atoms with Gasteiger partial charge in [0.2, 0.25) is 5.91 Å². The van der Waals surface area contributed by atoms with Crippen LogP contribution >= 0.6 is 12.4 Å². The summed E-state index contributed by atoms with van der Waals surface area (Å²) in [5.41, 5.74) is 3.26. The van der Waals surface area contributed by atoms with Crippen LogP contribution in [-0.2, 0) is 9.53 Å². The molecule has 4 nitrogen and oxygen atoms in total. The first-order valence-electron chi connectivity index (χ1n) is 6.25. The summed E-state index contributed by atoms with van der Waals surface area (Å²) in [5.74, 6) is 0.0553. The van der Waals surface area contributed by atoms with E-state index in [0.29, 0.717) is 13.2 Å². The Morgan fingerprint density at radius 3 is 2.47 bits per heavy atom. The lowest BCUT2D eigenvalue weighted by atomic mass is 10.1. The third kappa shape index (κ3) is 3.93. The average molecular weight is 285 g/mol. The van der Waals surface area contributed by atoms with Crippen molar-refractivity contribution in [3.8, 4) is 0 Å². The molecule has 1 unspecified atom stereocenters. The minimum atomic E-state index is -0.232. The van der Waals surface area contributed by atoms with Gasteiger partial charge in [0.25, 0.3) is 0 Å². The number of ether oxygens (including phenoxy) is 1. The van der Waals surface area contributed by atoms with E-state index in [0.717, 1.165) is 23.4 Å². The number of aryl methyl sites for hydroxylation is 2. The molecule has 1 heterocycles. The SMILES string of the molecule is Cc1cc(C)cc(N(C)C(=O)C2COCCN2)c1.Cl. The molecule has 1 aliphatic heterocycles. The van der Waals surface area contributed by atoms with E-state index in [-0.39, 0.29) is 24.4 Å². The lowest BCUT2D eigenvalue weighted by Gasteiger charge is -2.28. The van der Waals surface area contributed by atoms with Crippen LogP contribution in [0.2, 0.25) is 0 Å². The number of amides is 1. The number of nitrogens with one attached hydrogen (secondary N) is 1. The zero-order valence-electron chi connectivity index (χ0n) is 11.6. The summed E-state index contributed by atoms with van der Waals surface area (Å²) in [4.78, 5) is 14.0. The molecular weight excluding hydrogens is 264 g/mol. The normalized spacial score (nSPS) is 18.6. The minimum Gasteiger partial charge on any atom is -0.378 e. The van der Waals surface area contributed by atoms with Crippen LogP contribution in [0.25, 0.3) is 0 Å². The molecule has 1 amide bonds. The molecule has 1 atom stereocenters. The number of halogens is 1. The summed E-state index contributed by atoms with van der Waals surface area (Å²) in [6.07, 6.45) is 0. The number of nitrogens with zero attached hydrogens (tertiary/aromatic N) is 1. The molecule has 0 bridgehead atoms. The van der Waals surface area contributed by atoms with E-state index in [1.54, 1.807) is 4.90 Å². The highest BCUT2D eigenvalue weighted by molar-refractivity contribution is 5.97. The maximum Gasteiger partial charge on any atom is 0.246 e. The number of hydrogen-bond donors (Lipinski definition) is 1. The van der Waals surface area contributed by atoms with Crippen LogP contribution in [0.3, 0.4) is 0 Å². The van der Waals surface area contributed by atoms with E-state index in [4.69, 9.17) is 4.74 Å². The number of likely N-dealkylation sites (N-methyl/N-ethyl adjacent to an activating group) is 1. The van der Waals surface area contributed by atoms with Crippen LogP contribution in [-0.4, -0.2) is 38.8 Å². The Hall–Kier alpha value is -1.10. The summed E-state index contributed by atoms with van der Waals surface area (Å²) in [7, 11) is 1.81. The molecule has 0 aromatic heterocycles. The highest BCUT2D eigenvalue weighted by atomic mass is 35.5. The number of carbonyl (C=O) groups is 1. The molecule has 1 aliphatic rings. The molecule has 1 fully saturated rings. The number of carbonyl (C=O) groups excluding carboxylic acids is 1. The van der Waals surface area contributed by atoms with Gasteiger partial charge >= 0.3 is 0 Å². The Morgan fingerprint density at radius 1 is 1.32 bits per heavy atom. The predicted octanol–water partition coefficient (Wildman–Crippen LogP) is 1.68. The van der Waals surface area contributed by atoms with Gasteiger partial charge in [-0.05, 0) is 37.1 Å². The Bertz CT molecular complexity index is 425. The summed E-state index contributed by atoms with van der Waals surface area (Å²) >= 11 is 0. The van der Waals surface area contributed by atoms with Crippen molar-refractivity contribution in [2.75, 3.05) is 31.7 Å². The molecule has 0 saturated carbocycles. The topological polar surface area (TPSA) is 41.6 Å². The fourth-order valence-corrected chi connectivity index (χ4v) is 2.23.